The van der Waals surface area contributed by atoms with Crippen molar-refractivity contribution >= 4 is 23.4 Å². The standard InChI is InChI=1S/C12H16N2O2S/c15-7-9-3-1-2-4-10(9)14-12(16)11-8-17-6-5-13-11/h1-4,11,13,15H,5-8H2,(H,14,16). The molecule has 0 bridgehead atoms. The van der Waals surface area contributed by atoms with E-state index < -0.39 is 0 Å². The number of anilines is 1. The van der Waals surface area contributed by atoms with Gasteiger partial charge in [-0.05, 0) is 6.07 Å². The molecule has 1 amide bonds. The Morgan fingerprint density at radius 1 is 1.53 bits per heavy atom. The lowest BCUT2D eigenvalue weighted by molar-refractivity contribution is -0.117. The second-order valence-electron chi connectivity index (χ2n) is 3.89. The summed E-state index contributed by atoms with van der Waals surface area (Å²) in [6, 6.07) is 7.16. The Morgan fingerprint density at radius 3 is 3.06 bits per heavy atom. The van der Waals surface area contributed by atoms with Gasteiger partial charge in [-0.15, -0.1) is 0 Å². The summed E-state index contributed by atoms with van der Waals surface area (Å²) in [5.74, 6) is 1.82. The van der Waals surface area contributed by atoms with E-state index in [2.05, 4.69) is 10.6 Å². The van der Waals surface area contributed by atoms with Crippen molar-refractivity contribution in [3.63, 3.8) is 0 Å². The number of amides is 1. The first-order valence-corrected chi connectivity index (χ1v) is 6.77. The normalized spacial score (nSPS) is 19.9. The fourth-order valence-electron chi connectivity index (χ4n) is 1.73. The van der Waals surface area contributed by atoms with Crippen molar-refractivity contribution in [1.82, 2.24) is 5.32 Å². The Labute approximate surface area is 105 Å². The van der Waals surface area contributed by atoms with Gasteiger partial charge >= 0.3 is 0 Å². The molecular formula is C12H16N2O2S. The van der Waals surface area contributed by atoms with Crippen LogP contribution in [-0.2, 0) is 11.4 Å². The molecule has 92 valence electrons. The van der Waals surface area contributed by atoms with Crippen LogP contribution in [0.3, 0.4) is 0 Å². The number of hydrogen-bond acceptors (Lipinski definition) is 4. The van der Waals surface area contributed by atoms with Crippen LogP contribution in [0.15, 0.2) is 24.3 Å². The largest absolute Gasteiger partial charge is 0.392 e. The molecule has 0 saturated carbocycles. The molecular weight excluding hydrogens is 236 g/mol. The van der Waals surface area contributed by atoms with Crippen molar-refractivity contribution in [3.05, 3.63) is 29.8 Å². The molecule has 4 nitrogen and oxygen atoms in total. The molecule has 1 aromatic carbocycles. The minimum absolute atomic E-state index is 0.0295. The van der Waals surface area contributed by atoms with Crippen LogP contribution in [-0.4, -0.2) is 35.1 Å². The number of nitrogens with one attached hydrogen (secondary N) is 2. The van der Waals surface area contributed by atoms with Crippen molar-refractivity contribution in [2.75, 3.05) is 23.4 Å². The van der Waals surface area contributed by atoms with Crippen molar-refractivity contribution < 1.29 is 9.90 Å². The number of rotatable bonds is 3. The molecule has 1 aliphatic heterocycles. The van der Waals surface area contributed by atoms with Crippen LogP contribution in [0, 0.1) is 0 Å². The summed E-state index contributed by atoms with van der Waals surface area (Å²) in [5, 5.41) is 15.2. The summed E-state index contributed by atoms with van der Waals surface area (Å²) < 4.78 is 0. The zero-order chi connectivity index (χ0) is 12.1. The molecule has 1 aromatic rings. The highest BCUT2D eigenvalue weighted by atomic mass is 32.2. The molecule has 1 saturated heterocycles. The van der Waals surface area contributed by atoms with Crippen LogP contribution in [0.5, 0.6) is 0 Å². The topological polar surface area (TPSA) is 61.4 Å². The van der Waals surface area contributed by atoms with Gasteiger partial charge in [0.15, 0.2) is 0 Å². The summed E-state index contributed by atoms with van der Waals surface area (Å²) in [6.45, 7) is 0.799. The number of benzene rings is 1. The average molecular weight is 252 g/mol. The second kappa shape index (κ2) is 6.05. The maximum absolute atomic E-state index is 12.0. The van der Waals surface area contributed by atoms with E-state index in [1.165, 1.54) is 0 Å². The summed E-state index contributed by atoms with van der Waals surface area (Å²) >= 11 is 1.78. The SMILES string of the molecule is O=C(Nc1ccccc1CO)C1CSCCN1. The van der Waals surface area contributed by atoms with E-state index in [-0.39, 0.29) is 18.6 Å². The maximum atomic E-state index is 12.0. The third-order valence-electron chi connectivity index (χ3n) is 2.68. The Kier molecular flexibility index (Phi) is 4.42. The van der Waals surface area contributed by atoms with Gasteiger partial charge in [0.2, 0.25) is 5.91 Å². The third-order valence-corrected chi connectivity index (χ3v) is 3.75. The predicted octanol–water partition coefficient (Wildman–Crippen LogP) is 0.822. The van der Waals surface area contributed by atoms with Crippen molar-refractivity contribution in [2.45, 2.75) is 12.6 Å². The zero-order valence-electron chi connectivity index (χ0n) is 9.48. The van der Waals surface area contributed by atoms with Gasteiger partial charge in [-0.1, -0.05) is 18.2 Å². The lowest BCUT2D eigenvalue weighted by atomic mass is 10.2. The Bertz CT molecular complexity index is 392. The summed E-state index contributed by atoms with van der Waals surface area (Å²) in [5.41, 5.74) is 1.43. The van der Waals surface area contributed by atoms with Crippen molar-refractivity contribution in [3.8, 4) is 0 Å². The fourth-order valence-corrected chi connectivity index (χ4v) is 2.67. The number of para-hydroxylation sites is 1. The van der Waals surface area contributed by atoms with E-state index in [4.69, 9.17) is 0 Å². The molecule has 5 heteroatoms. The average Bonchev–Trinajstić information content (AvgIpc) is 2.40. The Hall–Kier alpha value is -1.04. The molecule has 0 spiro atoms. The van der Waals surface area contributed by atoms with E-state index >= 15 is 0 Å². The van der Waals surface area contributed by atoms with Gasteiger partial charge in [-0.25, -0.2) is 0 Å². The summed E-state index contributed by atoms with van der Waals surface area (Å²) in [7, 11) is 0. The molecule has 1 atom stereocenters. The van der Waals surface area contributed by atoms with Gasteiger partial charge in [0.05, 0.1) is 12.6 Å². The molecule has 1 aliphatic rings. The molecule has 2 rings (SSSR count). The van der Waals surface area contributed by atoms with Crippen molar-refractivity contribution in [1.29, 1.82) is 0 Å². The van der Waals surface area contributed by atoms with Gasteiger partial charge in [0, 0.05) is 29.3 Å². The Balaban J connectivity index is 2.01. The number of thioether (sulfide) groups is 1. The smallest absolute Gasteiger partial charge is 0.242 e. The first-order valence-electron chi connectivity index (χ1n) is 5.62. The van der Waals surface area contributed by atoms with E-state index in [0.717, 1.165) is 23.6 Å². The molecule has 1 unspecified atom stereocenters. The van der Waals surface area contributed by atoms with Crippen LogP contribution in [0.4, 0.5) is 5.69 Å². The number of aliphatic hydroxyl groups excluding tert-OH is 1. The van der Waals surface area contributed by atoms with Crippen LogP contribution in [0.2, 0.25) is 0 Å². The predicted molar refractivity (Wildman–Crippen MR) is 70.1 cm³/mol. The number of carbonyl (C=O) groups excluding carboxylic acids is 1. The molecule has 0 aromatic heterocycles. The van der Waals surface area contributed by atoms with Gasteiger partial charge in [0.1, 0.15) is 0 Å². The molecule has 0 radical (unpaired) electrons. The molecule has 1 fully saturated rings. The van der Waals surface area contributed by atoms with Crippen LogP contribution in [0.1, 0.15) is 5.56 Å². The van der Waals surface area contributed by atoms with E-state index in [0.29, 0.717) is 5.69 Å². The van der Waals surface area contributed by atoms with Crippen LogP contribution in [0.25, 0.3) is 0 Å². The first kappa shape index (κ1) is 12.4. The maximum Gasteiger partial charge on any atom is 0.242 e. The molecule has 1 heterocycles. The Morgan fingerprint density at radius 2 is 2.35 bits per heavy atom. The summed E-state index contributed by atoms with van der Waals surface area (Å²) in [4.78, 5) is 12.0. The van der Waals surface area contributed by atoms with E-state index in [1.54, 1.807) is 23.9 Å². The van der Waals surface area contributed by atoms with Crippen LogP contribution < -0.4 is 10.6 Å². The molecule has 3 N–H and O–H groups in total. The van der Waals surface area contributed by atoms with Gasteiger partial charge < -0.3 is 15.7 Å². The molecule has 0 aliphatic carbocycles. The highest BCUT2D eigenvalue weighted by Crippen LogP contribution is 2.16. The van der Waals surface area contributed by atoms with Gasteiger partial charge in [-0.2, -0.15) is 11.8 Å². The summed E-state index contributed by atoms with van der Waals surface area (Å²) in [6.07, 6.45) is 0. The molecule has 17 heavy (non-hydrogen) atoms. The monoisotopic (exact) mass is 252 g/mol. The van der Waals surface area contributed by atoms with Gasteiger partial charge in [0.25, 0.3) is 0 Å². The van der Waals surface area contributed by atoms with E-state index in [9.17, 15) is 9.90 Å². The second-order valence-corrected chi connectivity index (χ2v) is 5.04. The highest BCUT2D eigenvalue weighted by molar-refractivity contribution is 7.99. The quantitative estimate of drug-likeness (QED) is 0.745. The van der Waals surface area contributed by atoms with Gasteiger partial charge in [-0.3, -0.25) is 4.79 Å². The number of hydrogen-bond donors (Lipinski definition) is 3. The first-order chi connectivity index (χ1) is 8.31. The number of carbonyl (C=O) groups is 1. The lowest BCUT2D eigenvalue weighted by Crippen LogP contribution is -2.46. The van der Waals surface area contributed by atoms with Crippen molar-refractivity contribution in [2.24, 2.45) is 0 Å². The lowest BCUT2D eigenvalue weighted by Gasteiger charge is -2.22. The van der Waals surface area contributed by atoms with Crippen LogP contribution >= 0.6 is 11.8 Å². The zero-order valence-corrected chi connectivity index (χ0v) is 10.3. The minimum Gasteiger partial charge on any atom is -0.392 e. The third kappa shape index (κ3) is 3.21. The van der Waals surface area contributed by atoms with E-state index in [1.807, 2.05) is 12.1 Å². The number of aliphatic hydroxyl groups is 1. The minimum atomic E-state index is -0.138. The fraction of sp³-hybridized carbons (Fsp3) is 0.417. The highest BCUT2D eigenvalue weighted by Gasteiger charge is 2.21.